The minimum atomic E-state index is -0.871. The Morgan fingerprint density at radius 3 is 2.59 bits per heavy atom. The Morgan fingerprint density at radius 2 is 1.95 bits per heavy atom. The number of para-hydroxylation sites is 1. The van der Waals surface area contributed by atoms with Crippen molar-refractivity contribution in [2.24, 2.45) is 5.41 Å². The van der Waals surface area contributed by atoms with Crippen LogP contribution in [0.3, 0.4) is 0 Å². The first-order chi connectivity index (χ1) is 10.6. The summed E-state index contributed by atoms with van der Waals surface area (Å²) in [5.41, 5.74) is 0.162. The normalized spacial score (nSPS) is 14.8. The molecular weight excluding hydrogens is 280 g/mol. The summed E-state index contributed by atoms with van der Waals surface area (Å²) in [6.45, 7) is 4.42. The summed E-state index contributed by atoms with van der Waals surface area (Å²) in [5, 5.41) is 5.57. The van der Waals surface area contributed by atoms with E-state index in [1.54, 1.807) is 13.2 Å². The smallest absolute Gasteiger partial charge is 0.235 e. The molecule has 1 aromatic rings. The molecule has 22 heavy (non-hydrogen) atoms. The van der Waals surface area contributed by atoms with Crippen LogP contribution in [0.25, 0.3) is 0 Å². The molecule has 0 bridgehead atoms. The number of amides is 2. The third kappa shape index (κ3) is 3.47. The number of carbonyl (C=O) groups is 2. The standard InChI is InChI=1S/C17H22N2O3/c1-3-11-18-15(20)17(9-10-17)16(21)19-12-8-13-6-4-5-7-14(13)22-2/h3-7H,1,8-12H2,2H3,(H,18,20)(H,19,21). The van der Waals surface area contributed by atoms with Crippen LogP contribution >= 0.6 is 0 Å². The Morgan fingerprint density at radius 1 is 1.27 bits per heavy atom. The van der Waals surface area contributed by atoms with E-state index < -0.39 is 5.41 Å². The van der Waals surface area contributed by atoms with Gasteiger partial charge in [0, 0.05) is 13.1 Å². The number of rotatable bonds is 8. The van der Waals surface area contributed by atoms with E-state index in [4.69, 9.17) is 4.74 Å². The largest absolute Gasteiger partial charge is 0.496 e. The summed E-state index contributed by atoms with van der Waals surface area (Å²) in [5.74, 6) is 0.410. The van der Waals surface area contributed by atoms with Crippen molar-refractivity contribution in [3.05, 3.63) is 42.5 Å². The maximum atomic E-state index is 12.2. The van der Waals surface area contributed by atoms with E-state index in [-0.39, 0.29) is 11.8 Å². The second-order valence-corrected chi connectivity index (χ2v) is 5.40. The highest BCUT2D eigenvalue weighted by atomic mass is 16.5. The molecule has 5 heteroatoms. The van der Waals surface area contributed by atoms with Crippen LogP contribution in [0.15, 0.2) is 36.9 Å². The van der Waals surface area contributed by atoms with Crippen molar-refractivity contribution in [3.8, 4) is 5.75 Å². The quantitative estimate of drug-likeness (QED) is 0.564. The molecule has 0 saturated heterocycles. The molecule has 2 amide bonds. The Kier molecular flexibility index (Phi) is 5.20. The highest BCUT2D eigenvalue weighted by Crippen LogP contribution is 2.46. The first-order valence-corrected chi connectivity index (χ1v) is 7.43. The summed E-state index contributed by atoms with van der Waals surface area (Å²) < 4.78 is 5.28. The van der Waals surface area contributed by atoms with Gasteiger partial charge in [-0.05, 0) is 30.9 Å². The summed E-state index contributed by atoms with van der Waals surface area (Å²) in [6, 6.07) is 7.70. The Bertz CT molecular complexity index is 565. The topological polar surface area (TPSA) is 67.4 Å². The first kappa shape index (κ1) is 16.1. The van der Waals surface area contributed by atoms with E-state index in [1.807, 2.05) is 24.3 Å². The lowest BCUT2D eigenvalue weighted by molar-refractivity contribution is -0.137. The molecule has 2 N–H and O–H groups in total. The number of methoxy groups -OCH3 is 1. The molecule has 1 saturated carbocycles. The summed E-state index contributed by atoms with van der Waals surface area (Å²) in [7, 11) is 1.63. The minimum Gasteiger partial charge on any atom is -0.496 e. The Hall–Kier alpha value is -2.30. The summed E-state index contributed by atoms with van der Waals surface area (Å²) in [4.78, 5) is 24.3. The average Bonchev–Trinajstić information content (AvgIpc) is 3.34. The van der Waals surface area contributed by atoms with E-state index in [0.717, 1.165) is 11.3 Å². The van der Waals surface area contributed by atoms with Crippen molar-refractivity contribution in [2.45, 2.75) is 19.3 Å². The number of ether oxygens (including phenoxy) is 1. The molecule has 0 aromatic heterocycles. The predicted octanol–water partition coefficient (Wildman–Crippen LogP) is 1.44. The van der Waals surface area contributed by atoms with Gasteiger partial charge in [0.25, 0.3) is 0 Å². The van der Waals surface area contributed by atoms with E-state index in [9.17, 15) is 9.59 Å². The second kappa shape index (κ2) is 7.11. The van der Waals surface area contributed by atoms with Crippen molar-refractivity contribution in [2.75, 3.05) is 20.2 Å². The summed E-state index contributed by atoms with van der Waals surface area (Å²) >= 11 is 0. The maximum absolute atomic E-state index is 12.2. The van der Waals surface area contributed by atoms with Crippen LogP contribution in [0.1, 0.15) is 18.4 Å². The van der Waals surface area contributed by atoms with Gasteiger partial charge in [-0.1, -0.05) is 24.3 Å². The van der Waals surface area contributed by atoms with Gasteiger partial charge in [0.2, 0.25) is 11.8 Å². The first-order valence-electron chi connectivity index (χ1n) is 7.43. The maximum Gasteiger partial charge on any atom is 0.235 e. The molecule has 1 aliphatic carbocycles. The van der Waals surface area contributed by atoms with Crippen LogP contribution in [0.5, 0.6) is 5.75 Å². The van der Waals surface area contributed by atoms with Crippen LogP contribution in [-0.2, 0) is 16.0 Å². The number of benzene rings is 1. The molecule has 0 atom stereocenters. The van der Waals surface area contributed by atoms with Gasteiger partial charge < -0.3 is 15.4 Å². The van der Waals surface area contributed by atoms with E-state index in [1.165, 1.54) is 0 Å². The zero-order valence-corrected chi connectivity index (χ0v) is 12.9. The molecule has 0 spiro atoms. The molecular formula is C17H22N2O3. The molecule has 0 radical (unpaired) electrons. The second-order valence-electron chi connectivity index (χ2n) is 5.40. The zero-order valence-electron chi connectivity index (χ0n) is 12.9. The number of hydrogen-bond acceptors (Lipinski definition) is 3. The summed E-state index contributed by atoms with van der Waals surface area (Å²) in [6.07, 6.45) is 3.49. The minimum absolute atomic E-state index is 0.191. The third-order valence-corrected chi connectivity index (χ3v) is 3.90. The van der Waals surface area contributed by atoms with E-state index in [2.05, 4.69) is 17.2 Å². The molecule has 0 aliphatic heterocycles. The van der Waals surface area contributed by atoms with Gasteiger partial charge >= 0.3 is 0 Å². The molecule has 118 valence electrons. The van der Waals surface area contributed by atoms with Gasteiger partial charge in [-0.25, -0.2) is 0 Å². The molecule has 0 heterocycles. The lowest BCUT2D eigenvalue weighted by atomic mass is 10.0. The lowest BCUT2D eigenvalue weighted by Crippen LogP contribution is -2.43. The van der Waals surface area contributed by atoms with Crippen LogP contribution in [0, 0.1) is 5.41 Å². The van der Waals surface area contributed by atoms with Crippen LogP contribution in [0.4, 0.5) is 0 Å². The molecule has 1 aromatic carbocycles. The Labute approximate surface area is 130 Å². The molecule has 1 fully saturated rings. The van der Waals surface area contributed by atoms with Crippen molar-refractivity contribution >= 4 is 11.8 Å². The molecule has 2 rings (SSSR count). The van der Waals surface area contributed by atoms with Gasteiger partial charge in [-0.15, -0.1) is 6.58 Å². The van der Waals surface area contributed by atoms with Gasteiger partial charge in [0.1, 0.15) is 11.2 Å². The zero-order chi connectivity index (χ0) is 16.0. The van der Waals surface area contributed by atoms with Crippen molar-refractivity contribution in [3.63, 3.8) is 0 Å². The average molecular weight is 302 g/mol. The van der Waals surface area contributed by atoms with Crippen LogP contribution < -0.4 is 15.4 Å². The van der Waals surface area contributed by atoms with Crippen LogP contribution in [-0.4, -0.2) is 32.0 Å². The van der Waals surface area contributed by atoms with Crippen molar-refractivity contribution in [1.82, 2.24) is 10.6 Å². The predicted molar refractivity (Wildman–Crippen MR) is 84.6 cm³/mol. The van der Waals surface area contributed by atoms with Crippen LogP contribution in [0.2, 0.25) is 0 Å². The monoisotopic (exact) mass is 302 g/mol. The molecule has 1 aliphatic rings. The van der Waals surface area contributed by atoms with Crippen molar-refractivity contribution < 1.29 is 14.3 Å². The van der Waals surface area contributed by atoms with E-state index >= 15 is 0 Å². The fraction of sp³-hybridized carbons (Fsp3) is 0.412. The number of carbonyl (C=O) groups excluding carboxylic acids is 2. The highest BCUT2D eigenvalue weighted by Gasteiger charge is 2.56. The lowest BCUT2D eigenvalue weighted by Gasteiger charge is -2.15. The number of nitrogens with one attached hydrogen (secondary N) is 2. The molecule has 0 unspecified atom stereocenters. The third-order valence-electron chi connectivity index (χ3n) is 3.90. The van der Waals surface area contributed by atoms with Gasteiger partial charge in [0.05, 0.1) is 7.11 Å². The highest BCUT2D eigenvalue weighted by molar-refractivity contribution is 6.07. The van der Waals surface area contributed by atoms with Gasteiger partial charge in [-0.3, -0.25) is 9.59 Å². The fourth-order valence-corrected chi connectivity index (χ4v) is 2.41. The number of hydrogen-bond donors (Lipinski definition) is 2. The SMILES string of the molecule is C=CCNC(=O)C1(C(=O)NCCc2ccccc2OC)CC1. The molecule has 5 nitrogen and oxygen atoms in total. The van der Waals surface area contributed by atoms with E-state index in [0.29, 0.717) is 32.4 Å². The fourth-order valence-electron chi connectivity index (χ4n) is 2.41. The Balaban J connectivity index is 1.85. The van der Waals surface area contributed by atoms with Gasteiger partial charge in [0.15, 0.2) is 0 Å². The van der Waals surface area contributed by atoms with Gasteiger partial charge in [-0.2, -0.15) is 0 Å². The van der Waals surface area contributed by atoms with Crippen molar-refractivity contribution in [1.29, 1.82) is 0 Å².